The van der Waals surface area contributed by atoms with Gasteiger partial charge in [-0.05, 0) is 28.8 Å². The number of aryl methyl sites for hydroxylation is 1. The van der Waals surface area contributed by atoms with Gasteiger partial charge >= 0.3 is 5.97 Å². The third-order valence-electron chi connectivity index (χ3n) is 1.98. The number of aromatic nitrogens is 2. The van der Waals surface area contributed by atoms with Crippen molar-refractivity contribution in [3.8, 4) is 0 Å². The summed E-state index contributed by atoms with van der Waals surface area (Å²) < 4.78 is 2.40. The molecule has 1 aromatic rings. The zero-order valence-corrected chi connectivity index (χ0v) is 7.84. The topological polar surface area (TPSA) is 55.1 Å². The summed E-state index contributed by atoms with van der Waals surface area (Å²) >= 11 is 3.24. The molecule has 0 saturated heterocycles. The van der Waals surface area contributed by atoms with E-state index >= 15 is 0 Å². The minimum absolute atomic E-state index is 0.129. The fourth-order valence-electron chi connectivity index (χ4n) is 1.43. The molecule has 5 heteroatoms. The maximum absolute atomic E-state index is 10.6. The molecule has 0 aliphatic carbocycles. The first kappa shape index (κ1) is 7.79. The number of halogens is 1. The molecule has 1 aliphatic rings. The number of aromatic carboxylic acids is 1. The number of carboxylic acids is 1. The molecule has 0 aromatic carbocycles. The zero-order chi connectivity index (χ0) is 8.72. The van der Waals surface area contributed by atoms with Crippen LogP contribution in [0.2, 0.25) is 0 Å². The number of carbonyl (C=O) groups is 1. The van der Waals surface area contributed by atoms with Crippen molar-refractivity contribution in [2.45, 2.75) is 19.4 Å². The first-order valence-electron chi connectivity index (χ1n) is 3.68. The Bertz CT molecular complexity index is 345. The van der Waals surface area contributed by atoms with Crippen LogP contribution in [0.15, 0.2) is 4.47 Å². The Labute approximate surface area is 77.3 Å². The summed E-state index contributed by atoms with van der Waals surface area (Å²) in [5.41, 5.74) is 1.14. The van der Waals surface area contributed by atoms with Crippen LogP contribution < -0.4 is 0 Å². The van der Waals surface area contributed by atoms with Gasteiger partial charge in [0.15, 0.2) is 5.69 Å². The van der Waals surface area contributed by atoms with Crippen molar-refractivity contribution in [1.29, 1.82) is 0 Å². The average Bonchev–Trinajstić information content (AvgIpc) is 2.53. The van der Waals surface area contributed by atoms with Crippen molar-refractivity contribution in [2.24, 2.45) is 0 Å². The predicted molar refractivity (Wildman–Crippen MR) is 45.2 cm³/mol. The lowest BCUT2D eigenvalue weighted by atomic mass is 10.3. The Morgan fingerprint density at radius 2 is 2.42 bits per heavy atom. The minimum atomic E-state index is -0.969. The molecule has 2 heterocycles. The van der Waals surface area contributed by atoms with E-state index in [1.54, 1.807) is 4.68 Å². The van der Waals surface area contributed by atoms with Crippen LogP contribution in [0.5, 0.6) is 0 Å². The summed E-state index contributed by atoms with van der Waals surface area (Å²) in [7, 11) is 0. The second-order valence-corrected chi connectivity index (χ2v) is 3.53. The number of rotatable bonds is 1. The standard InChI is InChI=1S/C7H7BrN2O2/c8-5-4-2-1-3-10(4)9-6(5)7(11)12/h1-3H2,(H,11,12). The highest BCUT2D eigenvalue weighted by molar-refractivity contribution is 9.10. The number of hydrogen-bond donors (Lipinski definition) is 1. The number of carboxylic acid groups (broad SMARTS) is 1. The minimum Gasteiger partial charge on any atom is -0.476 e. The van der Waals surface area contributed by atoms with Gasteiger partial charge in [-0.25, -0.2) is 4.79 Å². The third kappa shape index (κ3) is 0.964. The smallest absolute Gasteiger partial charge is 0.357 e. The molecule has 0 unspecified atom stereocenters. The van der Waals surface area contributed by atoms with Gasteiger partial charge in [0.1, 0.15) is 0 Å². The maximum atomic E-state index is 10.6. The monoisotopic (exact) mass is 230 g/mol. The second kappa shape index (κ2) is 2.58. The Morgan fingerprint density at radius 1 is 1.67 bits per heavy atom. The van der Waals surface area contributed by atoms with Gasteiger partial charge in [-0.15, -0.1) is 0 Å². The molecule has 1 aromatic heterocycles. The van der Waals surface area contributed by atoms with Crippen LogP contribution in [0, 0.1) is 0 Å². The van der Waals surface area contributed by atoms with Crippen LogP contribution in [-0.4, -0.2) is 20.9 Å². The fourth-order valence-corrected chi connectivity index (χ4v) is 2.08. The van der Waals surface area contributed by atoms with Gasteiger partial charge < -0.3 is 5.11 Å². The molecule has 0 radical (unpaired) electrons. The van der Waals surface area contributed by atoms with Gasteiger partial charge in [-0.1, -0.05) is 0 Å². The summed E-state index contributed by atoms with van der Waals surface area (Å²) in [6.07, 6.45) is 1.97. The lowest BCUT2D eigenvalue weighted by Gasteiger charge is -1.89. The number of hydrogen-bond acceptors (Lipinski definition) is 2. The molecule has 0 spiro atoms. The van der Waals surface area contributed by atoms with Crippen molar-refractivity contribution < 1.29 is 9.90 Å². The van der Waals surface area contributed by atoms with Crippen molar-refractivity contribution >= 4 is 21.9 Å². The fraction of sp³-hybridized carbons (Fsp3) is 0.429. The van der Waals surface area contributed by atoms with Gasteiger partial charge in [-0.3, -0.25) is 4.68 Å². The van der Waals surface area contributed by atoms with E-state index in [0.717, 1.165) is 25.1 Å². The Kier molecular flexibility index (Phi) is 1.68. The van der Waals surface area contributed by atoms with Crippen molar-refractivity contribution in [3.63, 3.8) is 0 Å². The van der Waals surface area contributed by atoms with Crippen molar-refractivity contribution in [2.75, 3.05) is 0 Å². The van der Waals surface area contributed by atoms with E-state index in [1.807, 2.05) is 0 Å². The molecule has 1 aliphatic heterocycles. The van der Waals surface area contributed by atoms with Crippen LogP contribution in [0.1, 0.15) is 22.6 Å². The Balaban J connectivity index is 2.54. The van der Waals surface area contributed by atoms with E-state index in [2.05, 4.69) is 21.0 Å². The number of fused-ring (bicyclic) bond motifs is 1. The normalized spacial score (nSPS) is 14.8. The first-order chi connectivity index (χ1) is 5.70. The Hall–Kier alpha value is -0.840. The van der Waals surface area contributed by atoms with Crippen molar-refractivity contribution in [3.05, 3.63) is 15.9 Å². The maximum Gasteiger partial charge on any atom is 0.357 e. The highest BCUT2D eigenvalue weighted by atomic mass is 79.9. The zero-order valence-electron chi connectivity index (χ0n) is 6.25. The van der Waals surface area contributed by atoms with E-state index in [9.17, 15) is 4.79 Å². The summed E-state index contributed by atoms with van der Waals surface area (Å²) in [5, 5.41) is 12.7. The molecule has 0 saturated carbocycles. The van der Waals surface area contributed by atoms with Crippen LogP contribution >= 0.6 is 15.9 Å². The molecule has 0 bridgehead atoms. The largest absolute Gasteiger partial charge is 0.476 e. The molecule has 4 nitrogen and oxygen atoms in total. The third-order valence-corrected chi connectivity index (χ3v) is 2.81. The molecule has 12 heavy (non-hydrogen) atoms. The molecular weight excluding hydrogens is 224 g/mol. The first-order valence-corrected chi connectivity index (χ1v) is 4.48. The molecule has 1 N–H and O–H groups in total. The van der Waals surface area contributed by atoms with Gasteiger partial charge in [0.2, 0.25) is 0 Å². The summed E-state index contributed by atoms with van der Waals surface area (Å²) in [5.74, 6) is -0.969. The van der Waals surface area contributed by atoms with E-state index < -0.39 is 5.97 Å². The molecule has 2 rings (SSSR count). The van der Waals surface area contributed by atoms with Crippen molar-refractivity contribution in [1.82, 2.24) is 9.78 Å². The molecular formula is C7H7BrN2O2. The van der Waals surface area contributed by atoms with E-state index in [-0.39, 0.29) is 5.69 Å². The van der Waals surface area contributed by atoms with Crippen LogP contribution in [-0.2, 0) is 13.0 Å². The van der Waals surface area contributed by atoms with Crippen LogP contribution in [0.3, 0.4) is 0 Å². The van der Waals surface area contributed by atoms with Crippen LogP contribution in [0.25, 0.3) is 0 Å². The van der Waals surface area contributed by atoms with Crippen LogP contribution in [0.4, 0.5) is 0 Å². The molecule has 0 atom stereocenters. The molecule has 0 amide bonds. The Morgan fingerprint density at radius 3 is 3.00 bits per heavy atom. The van der Waals surface area contributed by atoms with Gasteiger partial charge in [0.25, 0.3) is 0 Å². The van der Waals surface area contributed by atoms with Gasteiger partial charge in [-0.2, -0.15) is 5.10 Å². The highest BCUT2D eigenvalue weighted by Gasteiger charge is 2.23. The van der Waals surface area contributed by atoms with Gasteiger partial charge in [0.05, 0.1) is 10.2 Å². The highest BCUT2D eigenvalue weighted by Crippen LogP contribution is 2.26. The predicted octanol–water partition coefficient (Wildman–Crippen LogP) is 1.29. The van der Waals surface area contributed by atoms with Gasteiger partial charge in [0, 0.05) is 6.54 Å². The lowest BCUT2D eigenvalue weighted by Crippen LogP contribution is -2.01. The van der Waals surface area contributed by atoms with E-state index in [0.29, 0.717) is 4.47 Å². The SMILES string of the molecule is O=C(O)c1nn2c(c1Br)CCC2. The lowest BCUT2D eigenvalue weighted by molar-refractivity contribution is 0.0688. The van der Waals surface area contributed by atoms with E-state index in [4.69, 9.17) is 5.11 Å². The summed E-state index contributed by atoms with van der Waals surface area (Å²) in [6.45, 7) is 0.835. The summed E-state index contributed by atoms with van der Waals surface area (Å²) in [4.78, 5) is 10.6. The summed E-state index contributed by atoms with van der Waals surface area (Å²) in [6, 6.07) is 0. The van der Waals surface area contributed by atoms with E-state index in [1.165, 1.54) is 0 Å². The molecule has 64 valence electrons. The molecule has 0 fully saturated rings. The quantitative estimate of drug-likeness (QED) is 0.792. The average molecular weight is 231 g/mol. The number of nitrogens with zero attached hydrogens (tertiary/aromatic N) is 2. The second-order valence-electron chi connectivity index (χ2n) is 2.74.